The molecule has 1 amide bonds. The van der Waals surface area contributed by atoms with Gasteiger partial charge in [-0.15, -0.1) is 5.10 Å². The third-order valence-electron chi connectivity index (χ3n) is 4.08. The maximum absolute atomic E-state index is 12.2. The minimum absolute atomic E-state index is 0.127. The van der Waals surface area contributed by atoms with E-state index in [2.05, 4.69) is 41.2 Å². The number of aromatic nitrogens is 2. The smallest absolute Gasteiger partial charge is 0.272 e. The highest BCUT2D eigenvalue weighted by molar-refractivity contribution is 5.92. The number of rotatable bonds is 3. The molecule has 1 saturated heterocycles. The van der Waals surface area contributed by atoms with Crippen LogP contribution in [0.1, 0.15) is 49.8 Å². The molecule has 1 aliphatic rings. The Balaban J connectivity index is 1.96. The van der Waals surface area contributed by atoms with Crippen LogP contribution in [-0.4, -0.2) is 45.7 Å². The highest BCUT2D eigenvalue weighted by atomic mass is 16.2. The fraction of sp³-hybridized carbons (Fsp3) is 0.667. The van der Waals surface area contributed by atoms with E-state index >= 15 is 0 Å². The third kappa shape index (κ3) is 3.54. The molecule has 2 rings (SSSR count). The van der Waals surface area contributed by atoms with E-state index in [1.165, 1.54) is 0 Å². The van der Waals surface area contributed by atoms with Crippen molar-refractivity contribution >= 4 is 5.91 Å². The maximum atomic E-state index is 12.2. The third-order valence-corrected chi connectivity index (χ3v) is 4.08. The van der Waals surface area contributed by atoms with Crippen molar-refractivity contribution in [2.24, 2.45) is 0 Å². The van der Waals surface area contributed by atoms with E-state index in [1.807, 2.05) is 13.0 Å². The number of nitrogens with one attached hydrogen (secondary N) is 1. The van der Waals surface area contributed by atoms with Gasteiger partial charge in [-0.05, 0) is 52.7 Å². The Labute approximate surface area is 120 Å². The SMILES string of the molecule is Cc1ccc(C(=O)NC2(C)CCN(C(C)C)CC2)nn1. The quantitative estimate of drug-likeness (QED) is 0.914. The minimum atomic E-state index is -0.144. The van der Waals surface area contributed by atoms with E-state index in [1.54, 1.807) is 6.07 Å². The highest BCUT2D eigenvalue weighted by Gasteiger charge is 2.32. The van der Waals surface area contributed by atoms with Crippen LogP contribution in [0.3, 0.4) is 0 Å². The van der Waals surface area contributed by atoms with Crippen molar-refractivity contribution in [1.29, 1.82) is 0 Å². The monoisotopic (exact) mass is 276 g/mol. The lowest BCUT2D eigenvalue weighted by Gasteiger charge is -2.41. The molecule has 0 bridgehead atoms. The van der Waals surface area contributed by atoms with Gasteiger partial charge in [-0.2, -0.15) is 5.10 Å². The molecule has 0 saturated carbocycles. The zero-order valence-electron chi connectivity index (χ0n) is 12.8. The first-order valence-electron chi connectivity index (χ1n) is 7.26. The Bertz CT molecular complexity index is 461. The van der Waals surface area contributed by atoms with Crippen LogP contribution in [0.2, 0.25) is 0 Å². The van der Waals surface area contributed by atoms with E-state index in [0.29, 0.717) is 11.7 Å². The molecule has 0 atom stereocenters. The van der Waals surface area contributed by atoms with Crippen molar-refractivity contribution in [1.82, 2.24) is 20.4 Å². The molecule has 1 fully saturated rings. The van der Waals surface area contributed by atoms with Gasteiger partial charge in [-0.1, -0.05) is 0 Å². The van der Waals surface area contributed by atoms with Crippen LogP contribution in [0.15, 0.2) is 12.1 Å². The largest absolute Gasteiger partial charge is 0.345 e. The van der Waals surface area contributed by atoms with Crippen LogP contribution in [-0.2, 0) is 0 Å². The lowest BCUT2D eigenvalue weighted by Crippen LogP contribution is -2.54. The number of aryl methyl sites for hydroxylation is 1. The molecule has 20 heavy (non-hydrogen) atoms. The van der Waals surface area contributed by atoms with Gasteiger partial charge in [0.05, 0.1) is 5.69 Å². The molecule has 1 aromatic heterocycles. The van der Waals surface area contributed by atoms with E-state index in [9.17, 15) is 4.79 Å². The van der Waals surface area contributed by atoms with Crippen molar-refractivity contribution in [2.45, 2.75) is 52.1 Å². The summed E-state index contributed by atoms with van der Waals surface area (Å²) >= 11 is 0. The average Bonchev–Trinajstić information content (AvgIpc) is 2.39. The molecular weight excluding hydrogens is 252 g/mol. The second-order valence-electron chi connectivity index (χ2n) is 6.20. The van der Waals surface area contributed by atoms with E-state index < -0.39 is 0 Å². The van der Waals surface area contributed by atoms with E-state index in [-0.39, 0.29) is 11.4 Å². The standard InChI is InChI=1S/C15H24N4O/c1-11(2)19-9-7-15(4,8-10-19)16-14(20)13-6-5-12(3)17-18-13/h5-6,11H,7-10H2,1-4H3,(H,16,20). The van der Waals surface area contributed by atoms with Crippen LogP contribution in [0, 0.1) is 6.92 Å². The van der Waals surface area contributed by atoms with Crippen LogP contribution in [0.5, 0.6) is 0 Å². The topological polar surface area (TPSA) is 58.1 Å². The number of carbonyl (C=O) groups excluding carboxylic acids is 1. The summed E-state index contributed by atoms with van der Waals surface area (Å²) in [5.74, 6) is -0.127. The molecule has 5 nitrogen and oxygen atoms in total. The molecule has 0 aliphatic carbocycles. The summed E-state index contributed by atoms with van der Waals surface area (Å²) in [6.45, 7) is 10.4. The lowest BCUT2D eigenvalue weighted by molar-refractivity contribution is 0.0796. The predicted molar refractivity (Wildman–Crippen MR) is 78.6 cm³/mol. The molecule has 2 heterocycles. The average molecular weight is 276 g/mol. The highest BCUT2D eigenvalue weighted by Crippen LogP contribution is 2.23. The predicted octanol–water partition coefficient (Wildman–Crippen LogP) is 1.78. The zero-order valence-corrected chi connectivity index (χ0v) is 12.8. The van der Waals surface area contributed by atoms with Gasteiger partial charge in [0.25, 0.3) is 5.91 Å². The number of hydrogen-bond acceptors (Lipinski definition) is 4. The van der Waals surface area contributed by atoms with Crippen LogP contribution in [0.4, 0.5) is 0 Å². The van der Waals surface area contributed by atoms with Crippen LogP contribution in [0.25, 0.3) is 0 Å². The second-order valence-corrected chi connectivity index (χ2v) is 6.20. The van der Waals surface area contributed by atoms with Crippen molar-refractivity contribution in [3.8, 4) is 0 Å². The molecule has 1 aliphatic heterocycles. The van der Waals surface area contributed by atoms with Gasteiger partial charge < -0.3 is 10.2 Å². The number of likely N-dealkylation sites (tertiary alicyclic amines) is 1. The molecule has 1 N–H and O–H groups in total. The maximum Gasteiger partial charge on any atom is 0.272 e. The Morgan fingerprint density at radius 2 is 1.95 bits per heavy atom. The molecule has 0 unspecified atom stereocenters. The molecule has 110 valence electrons. The van der Waals surface area contributed by atoms with E-state index in [0.717, 1.165) is 31.6 Å². The van der Waals surface area contributed by atoms with Gasteiger partial charge in [-0.25, -0.2) is 0 Å². The summed E-state index contributed by atoms with van der Waals surface area (Å²) in [7, 11) is 0. The van der Waals surface area contributed by atoms with E-state index in [4.69, 9.17) is 0 Å². The number of carbonyl (C=O) groups is 1. The van der Waals surface area contributed by atoms with Gasteiger partial charge >= 0.3 is 0 Å². The molecule has 5 heteroatoms. The van der Waals surface area contributed by atoms with Crippen molar-refractivity contribution in [3.05, 3.63) is 23.5 Å². The summed E-state index contributed by atoms with van der Waals surface area (Å²) in [6, 6.07) is 4.11. The van der Waals surface area contributed by atoms with Crippen molar-refractivity contribution < 1.29 is 4.79 Å². The summed E-state index contributed by atoms with van der Waals surface area (Å²) in [5, 5.41) is 11.0. The van der Waals surface area contributed by atoms with Gasteiger partial charge in [0.2, 0.25) is 0 Å². The van der Waals surface area contributed by atoms with Crippen molar-refractivity contribution in [2.75, 3.05) is 13.1 Å². The van der Waals surface area contributed by atoms with Crippen LogP contribution < -0.4 is 5.32 Å². The Morgan fingerprint density at radius 3 is 2.45 bits per heavy atom. The Morgan fingerprint density at radius 1 is 1.30 bits per heavy atom. The number of piperidine rings is 1. The van der Waals surface area contributed by atoms with Crippen LogP contribution >= 0.6 is 0 Å². The first-order chi connectivity index (χ1) is 9.39. The summed E-state index contributed by atoms with van der Waals surface area (Å²) in [6.07, 6.45) is 1.94. The van der Waals surface area contributed by atoms with Gasteiger partial charge in [-0.3, -0.25) is 4.79 Å². The summed E-state index contributed by atoms with van der Waals surface area (Å²) < 4.78 is 0. The van der Waals surface area contributed by atoms with Crippen molar-refractivity contribution in [3.63, 3.8) is 0 Å². The first kappa shape index (κ1) is 14.9. The molecule has 0 radical (unpaired) electrons. The first-order valence-corrected chi connectivity index (χ1v) is 7.26. The Hall–Kier alpha value is -1.49. The lowest BCUT2D eigenvalue weighted by atomic mass is 9.89. The molecule has 0 aromatic carbocycles. The van der Waals surface area contributed by atoms with Gasteiger partial charge in [0.15, 0.2) is 5.69 Å². The molecule has 1 aromatic rings. The fourth-order valence-corrected chi connectivity index (χ4v) is 2.52. The number of nitrogens with zero attached hydrogens (tertiary/aromatic N) is 3. The van der Waals surface area contributed by atoms with Gasteiger partial charge in [0, 0.05) is 24.7 Å². The second kappa shape index (κ2) is 5.87. The zero-order chi connectivity index (χ0) is 14.8. The van der Waals surface area contributed by atoms with Gasteiger partial charge in [0.1, 0.15) is 0 Å². The normalized spacial score (nSPS) is 19.1. The fourth-order valence-electron chi connectivity index (χ4n) is 2.52. The summed E-state index contributed by atoms with van der Waals surface area (Å²) in [4.78, 5) is 14.7. The Kier molecular flexibility index (Phi) is 4.38. The molecular formula is C15H24N4O. The molecule has 0 spiro atoms. The minimum Gasteiger partial charge on any atom is -0.345 e. The summed E-state index contributed by atoms with van der Waals surface area (Å²) in [5.41, 5.74) is 1.07. The number of hydrogen-bond donors (Lipinski definition) is 1. The number of amides is 1.